The molecular weight excluding hydrogens is 226 g/mol. The lowest BCUT2D eigenvalue weighted by molar-refractivity contribution is -0.142. The number of nitrogens with zero attached hydrogens (tertiary/aromatic N) is 1. The van der Waals surface area contributed by atoms with Gasteiger partial charge in [-0.1, -0.05) is 20.3 Å². The Hall–Kier alpha value is -0.570. The van der Waals surface area contributed by atoms with Crippen LogP contribution in [0.25, 0.3) is 0 Å². The first-order valence-electron chi connectivity index (χ1n) is 7.45. The normalized spacial score (nSPS) is 34.4. The number of ether oxygens (including phenoxy) is 1. The minimum Gasteiger partial charge on any atom is -0.381 e. The molecule has 1 saturated heterocycles. The van der Waals surface area contributed by atoms with Gasteiger partial charge in [-0.2, -0.15) is 0 Å². The number of rotatable bonds is 4. The SMILES string of the molecule is CC[C@@H]1CC2CCCC2N1C(=O)C(C)C(C)OC. The van der Waals surface area contributed by atoms with E-state index in [1.165, 1.54) is 25.7 Å². The maximum absolute atomic E-state index is 12.7. The van der Waals surface area contributed by atoms with Crippen LogP contribution in [0.15, 0.2) is 0 Å². The number of likely N-dealkylation sites (tertiary alicyclic amines) is 1. The molecule has 1 aliphatic carbocycles. The lowest BCUT2D eigenvalue weighted by Gasteiger charge is -2.33. The third-order valence-electron chi connectivity index (χ3n) is 5.14. The molecule has 3 nitrogen and oxygen atoms in total. The fourth-order valence-corrected chi connectivity index (χ4v) is 3.74. The predicted molar refractivity (Wildman–Crippen MR) is 72.3 cm³/mol. The lowest BCUT2D eigenvalue weighted by Crippen LogP contribution is -2.46. The van der Waals surface area contributed by atoms with E-state index in [0.717, 1.165) is 12.3 Å². The third-order valence-corrected chi connectivity index (χ3v) is 5.14. The fraction of sp³-hybridized carbons (Fsp3) is 0.933. The van der Waals surface area contributed by atoms with Crippen molar-refractivity contribution in [3.05, 3.63) is 0 Å². The molecule has 0 aromatic rings. The molecule has 0 spiro atoms. The van der Waals surface area contributed by atoms with E-state index in [0.29, 0.717) is 18.0 Å². The molecular formula is C15H27NO2. The van der Waals surface area contributed by atoms with Crippen LogP contribution >= 0.6 is 0 Å². The van der Waals surface area contributed by atoms with E-state index in [1.807, 2.05) is 13.8 Å². The molecule has 0 aromatic heterocycles. The van der Waals surface area contributed by atoms with Crippen molar-refractivity contribution in [1.29, 1.82) is 0 Å². The van der Waals surface area contributed by atoms with Gasteiger partial charge in [0, 0.05) is 19.2 Å². The lowest BCUT2D eigenvalue weighted by atomic mass is 10.0. The van der Waals surface area contributed by atoms with Gasteiger partial charge in [-0.05, 0) is 38.5 Å². The minimum absolute atomic E-state index is 0.00968. The first-order valence-corrected chi connectivity index (χ1v) is 7.45. The zero-order valence-corrected chi connectivity index (χ0v) is 12.2. The first-order chi connectivity index (χ1) is 8.60. The Morgan fingerprint density at radius 2 is 2.11 bits per heavy atom. The van der Waals surface area contributed by atoms with Crippen molar-refractivity contribution in [2.45, 2.75) is 71.1 Å². The molecule has 1 heterocycles. The average Bonchev–Trinajstić information content (AvgIpc) is 2.95. The van der Waals surface area contributed by atoms with E-state index >= 15 is 0 Å². The highest BCUT2D eigenvalue weighted by Crippen LogP contribution is 2.42. The van der Waals surface area contributed by atoms with E-state index < -0.39 is 0 Å². The van der Waals surface area contributed by atoms with Gasteiger partial charge in [0.05, 0.1) is 12.0 Å². The quantitative estimate of drug-likeness (QED) is 0.771. The Labute approximate surface area is 111 Å². The molecule has 1 amide bonds. The van der Waals surface area contributed by atoms with Gasteiger partial charge in [-0.15, -0.1) is 0 Å². The van der Waals surface area contributed by atoms with E-state index in [-0.39, 0.29) is 12.0 Å². The number of hydrogen-bond acceptors (Lipinski definition) is 2. The zero-order valence-electron chi connectivity index (χ0n) is 12.2. The fourth-order valence-electron chi connectivity index (χ4n) is 3.74. The highest BCUT2D eigenvalue weighted by atomic mass is 16.5. The van der Waals surface area contributed by atoms with Gasteiger partial charge in [0.15, 0.2) is 0 Å². The molecule has 0 bridgehead atoms. The summed E-state index contributed by atoms with van der Waals surface area (Å²) in [4.78, 5) is 14.9. The maximum atomic E-state index is 12.7. The Morgan fingerprint density at radius 1 is 1.39 bits per heavy atom. The molecule has 4 unspecified atom stereocenters. The number of fused-ring (bicyclic) bond motifs is 1. The predicted octanol–water partition coefficient (Wildman–Crippen LogP) is 2.84. The van der Waals surface area contributed by atoms with Crippen molar-refractivity contribution < 1.29 is 9.53 Å². The van der Waals surface area contributed by atoms with Crippen LogP contribution in [0.1, 0.15) is 52.9 Å². The molecule has 3 heteroatoms. The number of carbonyl (C=O) groups is 1. The van der Waals surface area contributed by atoms with Crippen LogP contribution in [0.5, 0.6) is 0 Å². The van der Waals surface area contributed by atoms with E-state index in [2.05, 4.69) is 11.8 Å². The first kappa shape index (κ1) is 13.9. The Kier molecular flexibility index (Phi) is 4.31. The summed E-state index contributed by atoms with van der Waals surface area (Å²) in [6.45, 7) is 6.20. The second-order valence-electron chi connectivity index (χ2n) is 6.03. The van der Waals surface area contributed by atoms with Gasteiger partial charge in [0.2, 0.25) is 5.91 Å². The van der Waals surface area contributed by atoms with Crippen molar-refractivity contribution in [3.63, 3.8) is 0 Å². The standard InChI is InChI=1S/C15H27NO2/c1-5-13-9-12-7-6-8-14(12)16(13)15(17)10(2)11(3)18-4/h10-14H,5-9H2,1-4H3/t10?,11?,12?,13-,14?/m1/s1. The second kappa shape index (κ2) is 5.60. The Bertz CT molecular complexity index is 305. The van der Waals surface area contributed by atoms with Gasteiger partial charge >= 0.3 is 0 Å². The van der Waals surface area contributed by atoms with Crippen molar-refractivity contribution in [1.82, 2.24) is 4.90 Å². The molecule has 0 radical (unpaired) electrons. The molecule has 1 aliphatic heterocycles. The van der Waals surface area contributed by atoms with E-state index in [9.17, 15) is 4.79 Å². The van der Waals surface area contributed by atoms with Crippen LogP contribution in [-0.2, 0) is 9.53 Å². The summed E-state index contributed by atoms with van der Waals surface area (Å²) >= 11 is 0. The summed E-state index contributed by atoms with van der Waals surface area (Å²) < 4.78 is 5.33. The molecule has 1 saturated carbocycles. The van der Waals surface area contributed by atoms with Crippen molar-refractivity contribution in [2.24, 2.45) is 11.8 Å². The highest BCUT2D eigenvalue weighted by Gasteiger charge is 2.46. The second-order valence-corrected chi connectivity index (χ2v) is 6.03. The number of amides is 1. The highest BCUT2D eigenvalue weighted by molar-refractivity contribution is 5.80. The summed E-state index contributed by atoms with van der Waals surface area (Å²) in [5, 5.41) is 0. The smallest absolute Gasteiger partial charge is 0.228 e. The summed E-state index contributed by atoms with van der Waals surface area (Å²) in [6.07, 6.45) is 6.15. The summed E-state index contributed by atoms with van der Waals surface area (Å²) in [7, 11) is 1.69. The molecule has 0 N–H and O–H groups in total. The summed E-state index contributed by atoms with van der Waals surface area (Å²) in [5.74, 6) is 1.05. The number of hydrogen-bond donors (Lipinski definition) is 0. The minimum atomic E-state index is -0.0246. The topological polar surface area (TPSA) is 29.5 Å². The number of carbonyl (C=O) groups excluding carboxylic acids is 1. The van der Waals surface area contributed by atoms with Gasteiger partial charge in [0.25, 0.3) is 0 Å². The van der Waals surface area contributed by atoms with Crippen LogP contribution in [0.3, 0.4) is 0 Å². The zero-order chi connectivity index (χ0) is 13.3. The summed E-state index contributed by atoms with van der Waals surface area (Å²) in [6, 6.07) is 0.994. The molecule has 2 fully saturated rings. The van der Waals surface area contributed by atoms with Crippen LogP contribution in [0.2, 0.25) is 0 Å². The van der Waals surface area contributed by atoms with Gasteiger partial charge in [0.1, 0.15) is 0 Å². The third kappa shape index (κ3) is 2.29. The molecule has 5 atom stereocenters. The summed E-state index contributed by atoms with van der Waals surface area (Å²) in [5.41, 5.74) is 0. The van der Waals surface area contributed by atoms with Crippen molar-refractivity contribution >= 4 is 5.91 Å². The van der Waals surface area contributed by atoms with Crippen molar-refractivity contribution in [3.8, 4) is 0 Å². The number of methoxy groups -OCH3 is 1. The molecule has 104 valence electrons. The molecule has 2 rings (SSSR count). The van der Waals surface area contributed by atoms with Gasteiger partial charge in [-0.3, -0.25) is 4.79 Å². The van der Waals surface area contributed by atoms with Crippen LogP contribution in [0, 0.1) is 11.8 Å². The monoisotopic (exact) mass is 253 g/mol. The van der Waals surface area contributed by atoms with Gasteiger partial charge < -0.3 is 9.64 Å². The Balaban J connectivity index is 2.11. The maximum Gasteiger partial charge on any atom is 0.228 e. The van der Waals surface area contributed by atoms with Crippen LogP contribution in [-0.4, -0.2) is 36.1 Å². The Morgan fingerprint density at radius 3 is 2.72 bits per heavy atom. The van der Waals surface area contributed by atoms with Crippen LogP contribution < -0.4 is 0 Å². The average molecular weight is 253 g/mol. The molecule has 18 heavy (non-hydrogen) atoms. The van der Waals surface area contributed by atoms with E-state index in [4.69, 9.17) is 4.74 Å². The van der Waals surface area contributed by atoms with Gasteiger partial charge in [-0.25, -0.2) is 0 Å². The largest absolute Gasteiger partial charge is 0.381 e. The van der Waals surface area contributed by atoms with Crippen molar-refractivity contribution in [2.75, 3.05) is 7.11 Å². The van der Waals surface area contributed by atoms with Crippen LogP contribution in [0.4, 0.5) is 0 Å². The molecule has 0 aromatic carbocycles. The van der Waals surface area contributed by atoms with E-state index in [1.54, 1.807) is 7.11 Å². The molecule has 2 aliphatic rings.